The lowest BCUT2D eigenvalue weighted by Crippen LogP contribution is -2.26. The highest BCUT2D eigenvalue weighted by molar-refractivity contribution is 6.01. The van der Waals surface area contributed by atoms with Gasteiger partial charge in [0.15, 0.2) is 12.4 Å². The van der Waals surface area contributed by atoms with Gasteiger partial charge < -0.3 is 10.1 Å². The average molecular weight is 277 g/mol. The van der Waals surface area contributed by atoms with Crippen molar-refractivity contribution in [3.05, 3.63) is 29.8 Å². The zero-order chi connectivity index (χ0) is 15.3. The van der Waals surface area contributed by atoms with Crippen LogP contribution in [0.2, 0.25) is 0 Å². The summed E-state index contributed by atoms with van der Waals surface area (Å²) < 4.78 is 5.00. The SMILES string of the molecule is CC(=O)Nc1ccccc1C(=O)OCC(=O)C(C)(C)C. The van der Waals surface area contributed by atoms with Crippen LogP contribution >= 0.6 is 0 Å². The molecule has 1 rings (SSSR count). The minimum Gasteiger partial charge on any atom is -0.454 e. The van der Waals surface area contributed by atoms with Crippen LogP contribution in [0.25, 0.3) is 0 Å². The number of esters is 1. The van der Waals surface area contributed by atoms with Gasteiger partial charge in [0, 0.05) is 12.3 Å². The molecule has 1 aromatic rings. The molecule has 1 N–H and O–H groups in total. The van der Waals surface area contributed by atoms with Crippen LogP contribution in [0.4, 0.5) is 5.69 Å². The molecule has 5 heteroatoms. The summed E-state index contributed by atoms with van der Waals surface area (Å²) in [6.45, 7) is 6.35. The molecule has 0 atom stereocenters. The lowest BCUT2D eigenvalue weighted by molar-refractivity contribution is -0.129. The van der Waals surface area contributed by atoms with Gasteiger partial charge in [0.2, 0.25) is 5.91 Å². The molecule has 0 aromatic heterocycles. The van der Waals surface area contributed by atoms with Crippen molar-refractivity contribution in [1.29, 1.82) is 0 Å². The molecule has 0 spiro atoms. The molecule has 108 valence electrons. The highest BCUT2D eigenvalue weighted by Crippen LogP contribution is 2.18. The number of para-hydroxylation sites is 1. The number of ketones is 1. The minimum atomic E-state index is -0.632. The topological polar surface area (TPSA) is 72.5 Å². The molecule has 0 heterocycles. The van der Waals surface area contributed by atoms with Crippen molar-refractivity contribution in [2.24, 2.45) is 5.41 Å². The van der Waals surface area contributed by atoms with E-state index >= 15 is 0 Å². The van der Waals surface area contributed by atoms with E-state index in [0.717, 1.165) is 0 Å². The van der Waals surface area contributed by atoms with Gasteiger partial charge in [-0.3, -0.25) is 9.59 Å². The third-order valence-electron chi connectivity index (χ3n) is 2.63. The first-order valence-electron chi connectivity index (χ1n) is 6.29. The van der Waals surface area contributed by atoms with Gasteiger partial charge in [0.1, 0.15) is 0 Å². The smallest absolute Gasteiger partial charge is 0.340 e. The first-order chi connectivity index (χ1) is 9.21. The fraction of sp³-hybridized carbons (Fsp3) is 0.400. The number of ether oxygens (including phenoxy) is 1. The maximum absolute atomic E-state index is 12.0. The Balaban J connectivity index is 2.78. The maximum Gasteiger partial charge on any atom is 0.340 e. The van der Waals surface area contributed by atoms with Crippen molar-refractivity contribution in [1.82, 2.24) is 0 Å². The predicted molar refractivity (Wildman–Crippen MR) is 75.5 cm³/mol. The van der Waals surface area contributed by atoms with E-state index in [4.69, 9.17) is 4.74 Å². The highest BCUT2D eigenvalue weighted by Gasteiger charge is 2.23. The number of hydrogen-bond donors (Lipinski definition) is 1. The van der Waals surface area contributed by atoms with Crippen LogP contribution in [0, 0.1) is 5.41 Å². The van der Waals surface area contributed by atoms with Crippen LogP contribution in [0.15, 0.2) is 24.3 Å². The fourth-order valence-electron chi connectivity index (χ4n) is 1.39. The summed E-state index contributed by atoms with van der Waals surface area (Å²) in [5.74, 6) is -1.08. The van der Waals surface area contributed by atoms with Gasteiger partial charge >= 0.3 is 5.97 Å². The van der Waals surface area contributed by atoms with Crippen molar-refractivity contribution < 1.29 is 19.1 Å². The fourth-order valence-corrected chi connectivity index (χ4v) is 1.39. The van der Waals surface area contributed by atoms with Crippen molar-refractivity contribution >= 4 is 23.3 Å². The Hall–Kier alpha value is -2.17. The van der Waals surface area contributed by atoms with E-state index in [9.17, 15) is 14.4 Å². The number of carbonyl (C=O) groups excluding carboxylic acids is 3. The zero-order valence-corrected chi connectivity index (χ0v) is 12.1. The summed E-state index contributed by atoms with van der Waals surface area (Å²) in [6.07, 6.45) is 0. The second-order valence-electron chi connectivity index (χ2n) is 5.48. The Morgan fingerprint density at radius 3 is 2.30 bits per heavy atom. The molecule has 0 saturated heterocycles. The van der Waals surface area contributed by atoms with Crippen LogP contribution in [0.3, 0.4) is 0 Å². The third-order valence-corrected chi connectivity index (χ3v) is 2.63. The molecular weight excluding hydrogens is 258 g/mol. The Labute approximate surface area is 118 Å². The van der Waals surface area contributed by atoms with Crippen LogP contribution in [0.5, 0.6) is 0 Å². The van der Waals surface area contributed by atoms with Crippen molar-refractivity contribution in [2.45, 2.75) is 27.7 Å². The maximum atomic E-state index is 12.0. The van der Waals surface area contributed by atoms with E-state index in [1.54, 1.807) is 39.0 Å². The molecule has 0 saturated carbocycles. The molecular formula is C15H19NO4. The summed E-state index contributed by atoms with van der Waals surface area (Å²) in [5.41, 5.74) is 0.0369. The molecule has 5 nitrogen and oxygen atoms in total. The van der Waals surface area contributed by atoms with Crippen LogP contribution in [0.1, 0.15) is 38.1 Å². The predicted octanol–water partition coefficient (Wildman–Crippen LogP) is 2.42. The number of rotatable bonds is 4. The van der Waals surface area contributed by atoms with Crippen LogP contribution in [-0.4, -0.2) is 24.3 Å². The number of benzene rings is 1. The van der Waals surface area contributed by atoms with Gasteiger partial charge in [-0.2, -0.15) is 0 Å². The number of nitrogens with one attached hydrogen (secondary N) is 1. The van der Waals surface area contributed by atoms with E-state index in [0.29, 0.717) is 5.69 Å². The van der Waals surface area contributed by atoms with Crippen LogP contribution in [-0.2, 0) is 14.3 Å². The van der Waals surface area contributed by atoms with Gasteiger partial charge in [-0.15, -0.1) is 0 Å². The molecule has 1 aromatic carbocycles. The monoisotopic (exact) mass is 277 g/mol. The molecule has 0 fully saturated rings. The van der Waals surface area contributed by atoms with E-state index in [2.05, 4.69) is 5.32 Å². The molecule has 0 radical (unpaired) electrons. The number of carbonyl (C=O) groups is 3. The molecule has 0 bridgehead atoms. The van der Waals surface area contributed by atoms with Crippen molar-refractivity contribution in [2.75, 3.05) is 11.9 Å². The van der Waals surface area contributed by atoms with Gasteiger partial charge in [-0.05, 0) is 12.1 Å². The molecule has 0 unspecified atom stereocenters. The van der Waals surface area contributed by atoms with Crippen molar-refractivity contribution in [3.63, 3.8) is 0 Å². The summed E-state index contributed by atoms with van der Waals surface area (Å²) >= 11 is 0. The van der Waals surface area contributed by atoms with Crippen LogP contribution < -0.4 is 5.32 Å². The lowest BCUT2D eigenvalue weighted by atomic mass is 9.91. The Kier molecular flexibility index (Phi) is 5.02. The first-order valence-corrected chi connectivity index (χ1v) is 6.29. The average Bonchev–Trinajstić information content (AvgIpc) is 2.34. The van der Waals surface area contributed by atoms with E-state index in [1.165, 1.54) is 13.0 Å². The molecule has 0 aliphatic rings. The Morgan fingerprint density at radius 1 is 1.15 bits per heavy atom. The number of anilines is 1. The quantitative estimate of drug-likeness (QED) is 0.858. The molecule has 0 aliphatic heterocycles. The Morgan fingerprint density at radius 2 is 1.75 bits per heavy atom. The van der Waals surface area contributed by atoms with E-state index < -0.39 is 11.4 Å². The van der Waals surface area contributed by atoms with Gasteiger partial charge in [-0.1, -0.05) is 32.9 Å². The normalized spacial score (nSPS) is 10.8. The summed E-state index contributed by atoms with van der Waals surface area (Å²) in [7, 11) is 0. The first kappa shape index (κ1) is 15.9. The standard InChI is InChI=1S/C15H19NO4/c1-10(17)16-12-8-6-5-7-11(12)14(19)20-9-13(18)15(2,3)4/h5-8H,9H2,1-4H3,(H,16,17). The second-order valence-corrected chi connectivity index (χ2v) is 5.48. The minimum absolute atomic E-state index is 0.164. The molecule has 1 amide bonds. The Bertz CT molecular complexity index is 529. The molecule has 20 heavy (non-hydrogen) atoms. The van der Waals surface area contributed by atoms with Crippen molar-refractivity contribution in [3.8, 4) is 0 Å². The van der Waals surface area contributed by atoms with Gasteiger partial charge in [0.25, 0.3) is 0 Å². The van der Waals surface area contributed by atoms with Gasteiger partial charge in [0.05, 0.1) is 11.3 Å². The largest absolute Gasteiger partial charge is 0.454 e. The highest BCUT2D eigenvalue weighted by atomic mass is 16.5. The van der Waals surface area contributed by atoms with Gasteiger partial charge in [-0.25, -0.2) is 4.79 Å². The zero-order valence-electron chi connectivity index (χ0n) is 12.1. The second kappa shape index (κ2) is 6.32. The summed E-state index contributed by atoms with van der Waals surface area (Å²) in [6, 6.07) is 6.49. The summed E-state index contributed by atoms with van der Waals surface area (Å²) in [5, 5.41) is 2.55. The number of Topliss-reactive ketones (excluding diaryl/α,β-unsaturated/α-hetero) is 1. The van der Waals surface area contributed by atoms with E-state index in [1.807, 2.05) is 0 Å². The lowest BCUT2D eigenvalue weighted by Gasteiger charge is -2.16. The summed E-state index contributed by atoms with van der Waals surface area (Å²) in [4.78, 5) is 34.7. The number of hydrogen-bond acceptors (Lipinski definition) is 4. The van der Waals surface area contributed by atoms with E-state index in [-0.39, 0.29) is 23.9 Å². The number of amides is 1. The third kappa shape index (κ3) is 4.50. The molecule has 0 aliphatic carbocycles.